The molecule has 0 aliphatic heterocycles. The van der Waals surface area contributed by atoms with Crippen molar-refractivity contribution in [1.29, 1.82) is 0 Å². The smallest absolute Gasteiger partial charge is 0.305 e. The molecule has 3 heteroatoms. The van der Waals surface area contributed by atoms with Crippen molar-refractivity contribution in [3.05, 3.63) is 35.4 Å². The lowest BCUT2D eigenvalue weighted by Crippen LogP contribution is -2.20. The van der Waals surface area contributed by atoms with E-state index in [0.717, 1.165) is 19.4 Å². The molecule has 1 atom stereocenters. The van der Waals surface area contributed by atoms with E-state index in [1.54, 1.807) is 0 Å². The first-order valence-electron chi connectivity index (χ1n) is 7.56. The molecule has 1 aromatic carbocycles. The van der Waals surface area contributed by atoms with E-state index in [1.807, 2.05) is 0 Å². The highest BCUT2D eigenvalue weighted by atomic mass is 16.5. The van der Waals surface area contributed by atoms with Crippen molar-refractivity contribution in [2.45, 2.75) is 52.0 Å². The molecule has 0 bridgehead atoms. The maximum Gasteiger partial charge on any atom is 0.305 e. The molecule has 1 unspecified atom stereocenters. The van der Waals surface area contributed by atoms with E-state index in [0.29, 0.717) is 12.5 Å². The van der Waals surface area contributed by atoms with Gasteiger partial charge in [-0.1, -0.05) is 37.6 Å². The summed E-state index contributed by atoms with van der Waals surface area (Å²) in [4.78, 5) is 11.0. The molecule has 0 saturated heterocycles. The molecule has 0 spiro atoms. The van der Waals surface area contributed by atoms with Crippen molar-refractivity contribution in [3.63, 3.8) is 0 Å². The van der Waals surface area contributed by atoms with Gasteiger partial charge in [-0.05, 0) is 43.9 Å². The topological polar surface area (TPSA) is 38.3 Å². The summed E-state index contributed by atoms with van der Waals surface area (Å²) in [6.45, 7) is 5.20. The average Bonchev–Trinajstić information content (AvgIpc) is 2.49. The number of carbonyl (C=O) groups excluding carboxylic acids is 1. The van der Waals surface area contributed by atoms with E-state index in [1.165, 1.54) is 31.1 Å². The number of ether oxygens (including phenoxy) is 1. The molecular formula is C17H27NO2. The first-order valence-corrected chi connectivity index (χ1v) is 7.56. The first-order chi connectivity index (χ1) is 9.67. The lowest BCUT2D eigenvalue weighted by atomic mass is 10.0. The van der Waals surface area contributed by atoms with Crippen LogP contribution in [0.5, 0.6) is 0 Å². The summed E-state index contributed by atoms with van der Waals surface area (Å²) < 4.78 is 4.62. The van der Waals surface area contributed by atoms with Crippen molar-refractivity contribution in [2.75, 3.05) is 13.7 Å². The van der Waals surface area contributed by atoms with Gasteiger partial charge in [0, 0.05) is 12.5 Å². The number of aryl methyl sites for hydroxylation is 1. The minimum Gasteiger partial charge on any atom is -0.469 e. The highest BCUT2D eigenvalue weighted by Crippen LogP contribution is 2.14. The predicted octanol–water partition coefficient (Wildman–Crippen LogP) is 3.63. The molecule has 0 aliphatic carbocycles. The van der Waals surface area contributed by atoms with Crippen LogP contribution in [0, 0.1) is 0 Å². The monoisotopic (exact) mass is 277 g/mol. The van der Waals surface area contributed by atoms with Crippen molar-refractivity contribution in [3.8, 4) is 0 Å². The Morgan fingerprint density at radius 3 is 2.55 bits per heavy atom. The Hall–Kier alpha value is -1.35. The molecule has 1 N–H and O–H groups in total. The van der Waals surface area contributed by atoms with Gasteiger partial charge < -0.3 is 10.1 Å². The number of hydrogen-bond donors (Lipinski definition) is 1. The lowest BCUT2D eigenvalue weighted by Gasteiger charge is -2.14. The molecule has 3 nitrogen and oxygen atoms in total. The predicted molar refractivity (Wildman–Crippen MR) is 82.7 cm³/mol. The number of rotatable bonds is 9. The zero-order valence-electron chi connectivity index (χ0n) is 12.9. The number of nitrogens with one attached hydrogen (secondary N) is 1. The highest BCUT2D eigenvalue weighted by molar-refractivity contribution is 5.69. The third kappa shape index (κ3) is 6.20. The molecule has 0 heterocycles. The zero-order valence-corrected chi connectivity index (χ0v) is 12.9. The van der Waals surface area contributed by atoms with Crippen LogP contribution >= 0.6 is 0 Å². The van der Waals surface area contributed by atoms with Crippen LogP contribution in [-0.2, 0) is 16.0 Å². The van der Waals surface area contributed by atoms with Crippen molar-refractivity contribution < 1.29 is 9.53 Å². The Bertz CT molecular complexity index is 386. The number of esters is 1. The number of carbonyl (C=O) groups is 1. The molecule has 0 aromatic heterocycles. The second-order valence-corrected chi connectivity index (χ2v) is 5.20. The van der Waals surface area contributed by atoms with Gasteiger partial charge in [0.25, 0.3) is 0 Å². The fraction of sp³-hybridized carbons (Fsp3) is 0.588. The Balaban J connectivity index is 2.32. The molecule has 0 radical (unpaired) electrons. The summed E-state index contributed by atoms with van der Waals surface area (Å²) in [7, 11) is 1.43. The van der Waals surface area contributed by atoms with Gasteiger partial charge in [0.15, 0.2) is 0 Å². The third-order valence-electron chi connectivity index (χ3n) is 3.53. The molecule has 0 aliphatic rings. The molecule has 1 aromatic rings. The van der Waals surface area contributed by atoms with Gasteiger partial charge in [0.05, 0.1) is 7.11 Å². The van der Waals surface area contributed by atoms with Crippen LogP contribution in [0.3, 0.4) is 0 Å². The van der Waals surface area contributed by atoms with Crippen molar-refractivity contribution in [1.82, 2.24) is 5.32 Å². The SMILES string of the molecule is CCCCc1ccc(C(C)NCCCC(=O)OC)cc1. The fourth-order valence-corrected chi connectivity index (χ4v) is 2.13. The molecule has 0 amide bonds. The van der Waals surface area contributed by atoms with Crippen LogP contribution < -0.4 is 5.32 Å². The van der Waals surface area contributed by atoms with Crippen LogP contribution in [0.25, 0.3) is 0 Å². The first kappa shape index (κ1) is 16.7. The van der Waals surface area contributed by atoms with Crippen LogP contribution in [-0.4, -0.2) is 19.6 Å². The summed E-state index contributed by atoms with van der Waals surface area (Å²) in [5, 5.41) is 3.43. The second kappa shape index (κ2) is 9.54. The van der Waals surface area contributed by atoms with Crippen LogP contribution in [0.1, 0.15) is 56.7 Å². The van der Waals surface area contributed by atoms with Gasteiger partial charge in [0.1, 0.15) is 0 Å². The number of benzene rings is 1. The van der Waals surface area contributed by atoms with Crippen LogP contribution in [0.15, 0.2) is 24.3 Å². The van der Waals surface area contributed by atoms with E-state index >= 15 is 0 Å². The van der Waals surface area contributed by atoms with Crippen molar-refractivity contribution in [2.24, 2.45) is 0 Å². The van der Waals surface area contributed by atoms with Crippen LogP contribution in [0.4, 0.5) is 0 Å². The number of hydrogen-bond acceptors (Lipinski definition) is 3. The Labute approximate surface area is 122 Å². The average molecular weight is 277 g/mol. The molecule has 0 saturated carbocycles. The van der Waals surface area contributed by atoms with Gasteiger partial charge in [-0.25, -0.2) is 0 Å². The Morgan fingerprint density at radius 1 is 1.25 bits per heavy atom. The summed E-state index contributed by atoms with van der Waals surface area (Å²) in [6, 6.07) is 9.15. The quantitative estimate of drug-likeness (QED) is 0.553. The summed E-state index contributed by atoms with van der Waals surface area (Å²) >= 11 is 0. The largest absolute Gasteiger partial charge is 0.469 e. The highest BCUT2D eigenvalue weighted by Gasteiger charge is 2.05. The minimum atomic E-state index is -0.139. The second-order valence-electron chi connectivity index (χ2n) is 5.20. The minimum absolute atomic E-state index is 0.139. The lowest BCUT2D eigenvalue weighted by molar-refractivity contribution is -0.140. The number of unbranched alkanes of at least 4 members (excludes halogenated alkanes) is 1. The van der Waals surface area contributed by atoms with Gasteiger partial charge in [0.2, 0.25) is 0 Å². The van der Waals surface area contributed by atoms with E-state index in [-0.39, 0.29) is 5.97 Å². The van der Waals surface area contributed by atoms with Gasteiger partial charge in [-0.3, -0.25) is 4.79 Å². The van der Waals surface area contributed by atoms with E-state index in [2.05, 4.69) is 48.2 Å². The van der Waals surface area contributed by atoms with E-state index < -0.39 is 0 Å². The fourth-order valence-electron chi connectivity index (χ4n) is 2.13. The number of methoxy groups -OCH3 is 1. The summed E-state index contributed by atoms with van der Waals surface area (Å²) in [5.41, 5.74) is 2.71. The van der Waals surface area contributed by atoms with E-state index in [9.17, 15) is 4.79 Å². The normalized spacial score (nSPS) is 12.2. The van der Waals surface area contributed by atoms with Gasteiger partial charge in [-0.2, -0.15) is 0 Å². The third-order valence-corrected chi connectivity index (χ3v) is 3.53. The summed E-state index contributed by atoms with van der Waals surface area (Å²) in [5.74, 6) is -0.139. The van der Waals surface area contributed by atoms with Gasteiger partial charge in [-0.15, -0.1) is 0 Å². The molecule has 112 valence electrons. The van der Waals surface area contributed by atoms with Crippen molar-refractivity contribution >= 4 is 5.97 Å². The molecule has 1 rings (SSSR count). The molecular weight excluding hydrogens is 250 g/mol. The maximum atomic E-state index is 11.0. The standard InChI is InChI=1S/C17H27NO2/c1-4-5-7-15-9-11-16(12-10-15)14(2)18-13-6-8-17(19)20-3/h9-12,14,18H,4-8,13H2,1-3H3. The zero-order chi connectivity index (χ0) is 14.8. The molecule has 20 heavy (non-hydrogen) atoms. The van der Waals surface area contributed by atoms with Crippen LogP contribution in [0.2, 0.25) is 0 Å². The molecule has 0 fully saturated rings. The Kier molecular flexibility index (Phi) is 7.97. The Morgan fingerprint density at radius 2 is 1.95 bits per heavy atom. The maximum absolute atomic E-state index is 11.0. The van der Waals surface area contributed by atoms with E-state index in [4.69, 9.17) is 0 Å². The van der Waals surface area contributed by atoms with Gasteiger partial charge >= 0.3 is 5.97 Å². The summed E-state index contributed by atoms with van der Waals surface area (Å²) in [6.07, 6.45) is 4.94.